The van der Waals surface area contributed by atoms with Crippen molar-refractivity contribution >= 4 is 28.0 Å². The zero-order chi connectivity index (χ0) is 16.4. The highest BCUT2D eigenvalue weighted by Gasteiger charge is 2.23. The summed E-state index contributed by atoms with van der Waals surface area (Å²) in [4.78, 5) is 16.9. The highest BCUT2D eigenvalue weighted by molar-refractivity contribution is 7.09. The summed E-state index contributed by atoms with van der Waals surface area (Å²) < 4.78 is 15.0. The third kappa shape index (κ3) is 3.64. The lowest BCUT2D eigenvalue weighted by Gasteiger charge is -2.18. The number of thiazole rings is 1. The monoisotopic (exact) mass is 331 g/mol. The number of hydrogen-bond donors (Lipinski definition) is 0. The van der Waals surface area contributed by atoms with Gasteiger partial charge in [-0.15, -0.1) is 11.3 Å². The van der Waals surface area contributed by atoms with E-state index in [0.29, 0.717) is 29.7 Å². The van der Waals surface area contributed by atoms with Crippen molar-refractivity contribution in [1.29, 1.82) is 0 Å². The maximum atomic E-state index is 13.4. The van der Waals surface area contributed by atoms with Crippen LogP contribution in [-0.4, -0.2) is 20.5 Å². The fraction of sp³-hybridized carbons (Fsp3) is 0.353. The largest absolute Gasteiger partial charge is 0.297 e. The number of fused-ring (bicyclic) bond motifs is 1. The topological polar surface area (TPSA) is 47.8 Å². The van der Waals surface area contributed by atoms with Gasteiger partial charge in [0, 0.05) is 23.2 Å². The van der Waals surface area contributed by atoms with Crippen LogP contribution in [0.15, 0.2) is 36.0 Å². The molecule has 0 bridgehead atoms. The molecule has 1 unspecified atom stereocenters. The standard InChI is InChI=1S/C17H18FN3OS/c1-11(2)7-15(16(22)9-17-19-5-6-23-17)21-10-12-8-13(18)3-4-14(12)20-21/h3-6,8,10-11,15H,7,9H2,1-2H3. The summed E-state index contributed by atoms with van der Waals surface area (Å²) in [5.41, 5.74) is 0.696. The number of carbonyl (C=O) groups is 1. The highest BCUT2D eigenvalue weighted by atomic mass is 32.1. The van der Waals surface area contributed by atoms with Gasteiger partial charge in [-0.1, -0.05) is 13.8 Å². The van der Waals surface area contributed by atoms with Crippen LogP contribution >= 0.6 is 11.3 Å². The van der Waals surface area contributed by atoms with Crippen molar-refractivity contribution in [3.63, 3.8) is 0 Å². The Labute approximate surface area is 138 Å². The fourth-order valence-electron chi connectivity index (χ4n) is 2.62. The van der Waals surface area contributed by atoms with Crippen molar-refractivity contribution in [2.45, 2.75) is 32.7 Å². The summed E-state index contributed by atoms with van der Waals surface area (Å²) in [5.74, 6) is 0.137. The minimum atomic E-state index is -0.352. The minimum absolute atomic E-state index is 0.0851. The zero-order valence-corrected chi connectivity index (χ0v) is 13.9. The van der Waals surface area contributed by atoms with Gasteiger partial charge in [0.25, 0.3) is 0 Å². The average molecular weight is 331 g/mol. The van der Waals surface area contributed by atoms with Gasteiger partial charge in [-0.05, 0) is 30.5 Å². The maximum Gasteiger partial charge on any atom is 0.164 e. The van der Waals surface area contributed by atoms with Crippen molar-refractivity contribution in [3.05, 3.63) is 46.8 Å². The lowest BCUT2D eigenvalue weighted by molar-refractivity contribution is -0.122. The molecule has 0 saturated heterocycles. The maximum absolute atomic E-state index is 13.4. The number of aromatic nitrogens is 3. The Hall–Kier alpha value is -2.08. The van der Waals surface area contributed by atoms with Crippen LogP contribution in [0.25, 0.3) is 10.9 Å². The molecule has 0 fully saturated rings. The molecule has 0 spiro atoms. The van der Waals surface area contributed by atoms with Crippen LogP contribution in [-0.2, 0) is 11.2 Å². The molecule has 0 radical (unpaired) electrons. The first-order chi connectivity index (χ1) is 11.0. The number of Topliss-reactive ketones (excluding diaryl/α,β-unsaturated/α-hetero) is 1. The zero-order valence-electron chi connectivity index (χ0n) is 13.1. The molecule has 0 amide bonds. The van der Waals surface area contributed by atoms with Gasteiger partial charge in [0.1, 0.15) is 11.9 Å². The van der Waals surface area contributed by atoms with E-state index in [2.05, 4.69) is 23.9 Å². The summed E-state index contributed by atoms with van der Waals surface area (Å²) in [6.45, 7) is 4.15. The van der Waals surface area contributed by atoms with E-state index < -0.39 is 0 Å². The first kappa shape index (κ1) is 15.8. The van der Waals surface area contributed by atoms with E-state index in [1.807, 2.05) is 5.38 Å². The molecule has 23 heavy (non-hydrogen) atoms. The SMILES string of the molecule is CC(C)CC(C(=O)Cc1nccs1)n1cc2cc(F)ccc2n1. The summed E-state index contributed by atoms with van der Waals surface area (Å²) in [5, 5.41) is 7.86. The van der Waals surface area contributed by atoms with E-state index in [9.17, 15) is 9.18 Å². The number of carbonyl (C=O) groups excluding carboxylic acids is 1. The number of rotatable bonds is 6. The van der Waals surface area contributed by atoms with Crippen molar-refractivity contribution < 1.29 is 9.18 Å². The number of halogens is 1. The molecule has 4 nitrogen and oxygen atoms in total. The second-order valence-corrected chi connectivity index (χ2v) is 7.01. The molecule has 0 aliphatic heterocycles. The van der Waals surface area contributed by atoms with E-state index >= 15 is 0 Å². The van der Waals surface area contributed by atoms with Gasteiger partial charge >= 0.3 is 0 Å². The van der Waals surface area contributed by atoms with Crippen LogP contribution in [0.1, 0.15) is 31.3 Å². The smallest absolute Gasteiger partial charge is 0.164 e. The second kappa shape index (κ2) is 6.58. The minimum Gasteiger partial charge on any atom is -0.297 e. The van der Waals surface area contributed by atoms with Gasteiger partial charge < -0.3 is 0 Å². The first-order valence-electron chi connectivity index (χ1n) is 7.58. The molecular formula is C17H18FN3OS. The van der Waals surface area contributed by atoms with E-state index in [4.69, 9.17) is 0 Å². The van der Waals surface area contributed by atoms with Gasteiger partial charge in [-0.3, -0.25) is 9.48 Å². The number of ketones is 1. The summed E-state index contributed by atoms with van der Waals surface area (Å²) in [6, 6.07) is 4.11. The molecule has 0 N–H and O–H groups in total. The van der Waals surface area contributed by atoms with Gasteiger partial charge in [0.2, 0.25) is 0 Å². The Kier molecular flexibility index (Phi) is 4.52. The molecule has 0 aliphatic carbocycles. The third-order valence-corrected chi connectivity index (χ3v) is 4.46. The van der Waals surface area contributed by atoms with Gasteiger partial charge in [-0.2, -0.15) is 5.10 Å². The molecular weight excluding hydrogens is 313 g/mol. The Bertz CT molecular complexity index is 810. The molecule has 1 atom stereocenters. The van der Waals surface area contributed by atoms with Crippen LogP contribution in [0, 0.1) is 11.7 Å². The Morgan fingerprint density at radius 3 is 2.91 bits per heavy atom. The van der Waals surface area contributed by atoms with Crippen LogP contribution in [0.2, 0.25) is 0 Å². The highest BCUT2D eigenvalue weighted by Crippen LogP contribution is 2.24. The van der Waals surface area contributed by atoms with Crippen molar-refractivity contribution in [3.8, 4) is 0 Å². The van der Waals surface area contributed by atoms with Crippen molar-refractivity contribution in [2.24, 2.45) is 5.92 Å². The number of nitrogens with zero attached hydrogens (tertiary/aromatic N) is 3. The number of hydrogen-bond acceptors (Lipinski definition) is 4. The molecule has 0 saturated carbocycles. The van der Waals surface area contributed by atoms with Gasteiger partial charge in [0.15, 0.2) is 5.78 Å². The van der Waals surface area contributed by atoms with Crippen LogP contribution in [0.4, 0.5) is 4.39 Å². The Balaban J connectivity index is 1.91. The Morgan fingerprint density at radius 2 is 2.22 bits per heavy atom. The van der Waals surface area contributed by atoms with E-state index in [1.165, 1.54) is 23.5 Å². The van der Waals surface area contributed by atoms with Crippen LogP contribution in [0.5, 0.6) is 0 Å². The molecule has 120 valence electrons. The first-order valence-corrected chi connectivity index (χ1v) is 8.46. The van der Waals surface area contributed by atoms with Crippen LogP contribution in [0.3, 0.4) is 0 Å². The van der Waals surface area contributed by atoms with E-state index in [0.717, 1.165) is 5.01 Å². The van der Waals surface area contributed by atoms with Crippen molar-refractivity contribution in [2.75, 3.05) is 0 Å². The molecule has 2 heterocycles. The van der Waals surface area contributed by atoms with E-state index in [1.54, 1.807) is 23.1 Å². The summed E-state index contributed by atoms with van der Waals surface area (Å²) in [7, 11) is 0. The second-order valence-electron chi connectivity index (χ2n) is 6.03. The van der Waals surface area contributed by atoms with Crippen molar-refractivity contribution in [1.82, 2.24) is 14.8 Å². The molecule has 3 aromatic rings. The van der Waals surface area contributed by atoms with Crippen LogP contribution < -0.4 is 0 Å². The lowest BCUT2D eigenvalue weighted by atomic mass is 9.99. The summed E-state index contributed by atoms with van der Waals surface area (Å²) in [6.07, 6.45) is 4.46. The molecule has 2 aromatic heterocycles. The predicted octanol–water partition coefficient (Wildman–Crippen LogP) is 4.03. The van der Waals surface area contributed by atoms with Gasteiger partial charge in [0.05, 0.1) is 16.9 Å². The fourth-order valence-corrected chi connectivity index (χ4v) is 3.24. The van der Waals surface area contributed by atoms with E-state index in [-0.39, 0.29) is 17.6 Å². The summed E-state index contributed by atoms with van der Waals surface area (Å²) >= 11 is 1.48. The normalized spacial score (nSPS) is 12.9. The lowest BCUT2D eigenvalue weighted by Crippen LogP contribution is -2.23. The molecule has 0 aliphatic rings. The third-order valence-electron chi connectivity index (χ3n) is 3.68. The Morgan fingerprint density at radius 1 is 1.39 bits per heavy atom. The quantitative estimate of drug-likeness (QED) is 0.685. The predicted molar refractivity (Wildman–Crippen MR) is 89.0 cm³/mol. The average Bonchev–Trinajstić information content (AvgIpc) is 3.13. The molecule has 6 heteroatoms. The number of benzene rings is 1. The van der Waals surface area contributed by atoms with Gasteiger partial charge in [-0.25, -0.2) is 9.37 Å². The molecule has 1 aromatic carbocycles. The molecule has 3 rings (SSSR count).